The third-order valence-corrected chi connectivity index (χ3v) is 4.34. The minimum atomic E-state index is 0.763. The van der Waals surface area contributed by atoms with Crippen molar-refractivity contribution in [3.8, 4) is 0 Å². The largest absolute Gasteiger partial charge is 0.314 e. The molecule has 16 heavy (non-hydrogen) atoms. The number of nitrogens with one attached hydrogen (secondary N) is 1. The van der Waals surface area contributed by atoms with Gasteiger partial charge in [0.25, 0.3) is 0 Å². The third kappa shape index (κ3) is 3.74. The molecule has 1 aliphatic heterocycles. The van der Waals surface area contributed by atoms with Gasteiger partial charge in [-0.25, -0.2) is 0 Å². The van der Waals surface area contributed by atoms with Gasteiger partial charge in [-0.1, -0.05) is 13.8 Å². The van der Waals surface area contributed by atoms with Crippen molar-refractivity contribution in [2.75, 3.05) is 26.2 Å². The zero-order chi connectivity index (χ0) is 11.4. The van der Waals surface area contributed by atoms with Crippen LogP contribution >= 0.6 is 0 Å². The minimum absolute atomic E-state index is 0.763. The Labute approximate surface area is 101 Å². The van der Waals surface area contributed by atoms with Gasteiger partial charge < -0.3 is 10.2 Å². The smallest absolute Gasteiger partial charge is 0.00766 e. The van der Waals surface area contributed by atoms with E-state index in [4.69, 9.17) is 0 Å². The van der Waals surface area contributed by atoms with Crippen LogP contribution in [0.3, 0.4) is 0 Å². The van der Waals surface area contributed by atoms with Crippen LogP contribution < -0.4 is 5.32 Å². The molecular weight excluding hydrogens is 196 g/mol. The van der Waals surface area contributed by atoms with E-state index in [2.05, 4.69) is 24.1 Å². The first-order chi connectivity index (χ1) is 7.79. The maximum Gasteiger partial charge on any atom is 0.00766 e. The Balaban J connectivity index is 1.74. The molecular formula is C14H28N2. The fourth-order valence-electron chi connectivity index (χ4n) is 2.91. The molecule has 0 spiro atoms. The lowest BCUT2D eigenvalue weighted by molar-refractivity contribution is 0.197. The lowest BCUT2D eigenvalue weighted by atomic mass is 10.0. The van der Waals surface area contributed by atoms with Crippen LogP contribution in [0.2, 0.25) is 0 Å². The van der Waals surface area contributed by atoms with Crippen LogP contribution in [-0.2, 0) is 0 Å². The summed E-state index contributed by atoms with van der Waals surface area (Å²) in [6, 6.07) is 0.763. The fraction of sp³-hybridized carbons (Fsp3) is 1.00. The zero-order valence-electron chi connectivity index (χ0n) is 11.0. The van der Waals surface area contributed by atoms with Crippen LogP contribution in [-0.4, -0.2) is 37.1 Å². The standard InChI is InChI=1S/C14H28N2/c1-3-14-7-10-16(9-4-8-15-14)11-12(2)13-5-6-13/h12-15H,3-11H2,1-2H3. The quantitative estimate of drug-likeness (QED) is 0.789. The first kappa shape index (κ1) is 12.4. The highest BCUT2D eigenvalue weighted by Crippen LogP contribution is 2.36. The van der Waals surface area contributed by atoms with E-state index < -0.39 is 0 Å². The van der Waals surface area contributed by atoms with Crippen molar-refractivity contribution >= 4 is 0 Å². The highest BCUT2D eigenvalue weighted by molar-refractivity contribution is 4.81. The molecule has 2 aliphatic rings. The number of rotatable bonds is 4. The maximum absolute atomic E-state index is 3.65. The first-order valence-electron chi connectivity index (χ1n) is 7.25. The van der Waals surface area contributed by atoms with Gasteiger partial charge in [0.15, 0.2) is 0 Å². The maximum atomic E-state index is 3.65. The summed E-state index contributed by atoms with van der Waals surface area (Å²) in [5.74, 6) is 2.00. The molecule has 0 aromatic rings. The molecule has 94 valence electrons. The van der Waals surface area contributed by atoms with E-state index in [1.807, 2.05) is 0 Å². The average molecular weight is 224 g/mol. The second-order valence-corrected chi connectivity index (χ2v) is 5.82. The van der Waals surface area contributed by atoms with Crippen LogP contribution in [0.25, 0.3) is 0 Å². The molecule has 0 aromatic carbocycles. The highest BCUT2D eigenvalue weighted by Gasteiger charge is 2.29. The Hall–Kier alpha value is -0.0800. The normalized spacial score (nSPS) is 30.8. The molecule has 2 fully saturated rings. The van der Waals surface area contributed by atoms with Gasteiger partial charge in [-0.2, -0.15) is 0 Å². The summed E-state index contributed by atoms with van der Waals surface area (Å²) in [5, 5.41) is 3.65. The molecule has 2 atom stereocenters. The van der Waals surface area contributed by atoms with Crippen molar-refractivity contribution in [3.05, 3.63) is 0 Å². The summed E-state index contributed by atoms with van der Waals surface area (Å²) < 4.78 is 0. The Morgan fingerprint density at radius 2 is 2.06 bits per heavy atom. The van der Waals surface area contributed by atoms with Crippen LogP contribution in [0, 0.1) is 11.8 Å². The van der Waals surface area contributed by atoms with E-state index >= 15 is 0 Å². The van der Waals surface area contributed by atoms with Crippen LogP contribution in [0.4, 0.5) is 0 Å². The molecule has 1 saturated heterocycles. The molecule has 1 N–H and O–H groups in total. The van der Waals surface area contributed by atoms with Crippen molar-refractivity contribution in [2.45, 2.75) is 52.0 Å². The van der Waals surface area contributed by atoms with E-state index in [-0.39, 0.29) is 0 Å². The van der Waals surface area contributed by atoms with Crippen LogP contribution in [0.1, 0.15) is 46.0 Å². The molecule has 2 nitrogen and oxygen atoms in total. The van der Waals surface area contributed by atoms with Gasteiger partial charge >= 0.3 is 0 Å². The second-order valence-electron chi connectivity index (χ2n) is 5.82. The van der Waals surface area contributed by atoms with Gasteiger partial charge in [0, 0.05) is 12.6 Å². The lowest BCUT2D eigenvalue weighted by Crippen LogP contribution is -2.41. The Kier molecular flexibility index (Phi) is 4.66. The van der Waals surface area contributed by atoms with E-state index in [9.17, 15) is 0 Å². The van der Waals surface area contributed by atoms with Gasteiger partial charge in [-0.3, -0.25) is 0 Å². The summed E-state index contributed by atoms with van der Waals surface area (Å²) in [6.07, 6.45) is 6.94. The van der Waals surface area contributed by atoms with Gasteiger partial charge in [-0.05, 0) is 63.6 Å². The molecule has 2 unspecified atom stereocenters. The fourth-order valence-corrected chi connectivity index (χ4v) is 2.91. The average Bonchev–Trinajstić information content (AvgIpc) is 3.06. The molecule has 0 aromatic heterocycles. The zero-order valence-corrected chi connectivity index (χ0v) is 11.0. The Bertz CT molecular complexity index is 201. The van der Waals surface area contributed by atoms with E-state index in [1.54, 1.807) is 0 Å². The predicted molar refractivity (Wildman–Crippen MR) is 69.6 cm³/mol. The molecule has 1 saturated carbocycles. The topological polar surface area (TPSA) is 15.3 Å². The summed E-state index contributed by atoms with van der Waals surface area (Å²) >= 11 is 0. The van der Waals surface area contributed by atoms with E-state index in [0.29, 0.717) is 0 Å². The highest BCUT2D eigenvalue weighted by atomic mass is 15.1. The minimum Gasteiger partial charge on any atom is -0.314 e. The lowest BCUT2D eigenvalue weighted by Gasteiger charge is -2.30. The number of nitrogens with zero attached hydrogens (tertiary/aromatic N) is 1. The monoisotopic (exact) mass is 224 g/mol. The Morgan fingerprint density at radius 1 is 1.25 bits per heavy atom. The van der Waals surface area contributed by atoms with E-state index in [1.165, 1.54) is 58.3 Å². The van der Waals surface area contributed by atoms with Gasteiger partial charge in [0.05, 0.1) is 0 Å². The predicted octanol–water partition coefficient (Wildman–Crippen LogP) is 2.50. The van der Waals surface area contributed by atoms with Crippen molar-refractivity contribution in [1.29, 1.82) is 0 Å². The molecule has 0 amide bonds. The summed E-state index contributed by atoms with van der Waals surface area (Å²) in [6.45, 7) is 9.93. The van der Waals surface area contributed by atoms with E-state index in [0.717, 1.165) is 17.9 Å². The van der Waals surface area contributed by atoms with Crippen LogP contribution in [0.5, 0.6) is 0 Å². The molecule has 2 heteroatoms. The van der Waals surface area contributed by atoms with Crippen molar-refractivity contribution < 1.29 is 0 Å². The summed E-state index contributed by atoms with van der Waals surface area (Å²) in [5.41, 5.74) is 0. The van der Waals surface area contributed by atoms with Gasteiger partial charge in [0.1, 0.15) is 0 Å². The number of hydrogen-bond donors (Lipinski definition) is 1. The van der Waals surface area contributed by atoms with Crippen molar-refractivity contribution in [1.82, 2.24) is 10.2 Å². The summed E-state index contributed by atoms with van der Waals surface area (Å²) in [7, 11) is 0. The molecule has 0 bridgehead atoms. The molecule has 1 aliphatic carbocycles. The summed E-state index contributed by atoms with van der Waals surface area (Å²) in [4.78, 5) is 2.71. The second kappa shape index (κ2) is 6.02. The third-order valence-electron chi connectivity index (χ3n) is 4.34. The SMILES string of the molecule is CCC1CCN(CC(C)C2CC2)CCCN1. The Morgan fingerprint density at radius 3 is 2.75 bits per heavy atom. The van der Waals surface area contributed by atoms with Gasteiger partial charge in [0.2, 0.25) is 0 Å². The molecule has 0 radical (unpaired) electrons. The van der Waals surface area contributed by atoms with Crippen molar-refractivity contribution in [2.24, 2.45) is 11.8 Å². The molecule has 1 heterocycles. The molecule has 2 rings (SSSR count). The first-order valence-corrected chi connectivity index (χ1v) is 7.25. The number of hydrogen-bond acceptors (Lipinski definition) is 2. The van der Waals surface area contributed by atoms with Gasteiger partial charge in [-0.15, -0.1) is 0 Å². The van der Waals surface area contributed by atoms with Crippen molar-refractivity contribution in [3.63, 3.8) is 0 Å². The van der Waals surface area contributed by atoms with Crippen LogP contribution in [0.15, 0.2) is 0 Å².